The molecule has 2 heterocycles. The Morgan fingerprint density at radius 1 is 1.26 bits per heavy atom. The Kier molecular flexibility index (Phi) is 6.25. The summed E-state index contributed by atoms with van der Waals surface area (Å²) in [6.45, 7) is 15.1. The number of aromatic nitrogens is 1. The summed E-state index contributed by atoms with van der Waals surface area (Å²) in [5.74, 6) is 2.55. The minimum atomic E-state index is 0.359. The van der Waals surface area contributed by atoms with Crippen LogP contribution in [-0.2, 0) is 6.54 Å². The fourth-order valence-electron chi connectivity index (χ4n) is 3.82. The average molecular weight is 371 g/mol. The van der Waals surface area contributed by atoms with Crippen molar-refractivity contribution in [2.24, 2.45) is 11.3 Å². The zero-order valence-corrected chi connectivity index (χ0v) is 17.5. The zero-order chi connectivity index (χ0) is 19.4. The summed E-state index contributed by atoms with van der Waals surface area (Å²) in [4.78, 5) is 2.51. The molecule has 2 aromatic rings. The van der Waals surface area contributed by atoms with E-state index in [9.17, 15) is 0 Å². The van der Waals surface area contributed by atoms with Gasteiger partial charge in [0.2, 0.25) is 0 Å². The van der Waals surface area contributed by atoms with Gasteiger partial charge in [-0.2, -0.15) is 0 Å². The standard InChI is InChI=1S/C23H34N2O2/c1-6-12-26-22-10-9-17(2)13-20(22)21-14-19(27-24-21)16-25-11-7-8-18(15-25)23(3,4)5/h9-10,13-14,18H,6-8,11-12,15-16H2,1-5H3. The van der Waals surface area contributed by atoms with Crippen LogP contribution in [0, 0.1) is 18.3 Å². The second kappa shape index (κ2) is 8.47. The molecule has 1 saturated heterocycles. The van der Waals surface area contributed by atoms with Crippen LogP contribution in [0.2, 0.25) is 0 Å². The molecule has 0 bridgehead atoms. The van der Waals surface area contributed by atoms with E-state index in [1.54, 1.807) is 0 Å². The highest BCUT2D eigenvalue weighted by molar-refractivity contribution is 5.67. The van der Waals surface area contributed by atoms with Gasteiger partial charge in [0.05, 0.1) is 13.2 Å². The van der Waals surface area contributed by atoms with Gasteiger partial charge >= 0.3 is 0 Å². The van der Waals surface area contributed by atoms with E-state index in [0.29, 0.717) is 12.0 Å². The van der Waals surface area contributed by atoms with E-state index in [-0.39, 0.29) is 0 Å². The third-order valence-electron chi connectivity index (χ3n) is 5.54. The van der Waals surface area contributed by atoms with Crippen molar-refractivity contribution in [3.05, 3.63) is 35.6 Å². The van der Waals surface area contributed by atoms with E-state index in [0.717, 1.165) is 54.7 Å². The number of likely N-dealkylation sites (tertiary alicyclic amines) is 1. The molecule has 0 N–H and O–H groups in total. The first-order chi connectivity index (χ1) is 12.9. The molecule has 1 aromatic carbocycles. The van der Waals surface area contributed by atoms with Crippen LogP contribution in [0.5, 0.6) is 5.75 Å². The Bertz CT molecular complexity index is 745. The molecule has 1 atom stereocenters. The second-order valence-electron chi connectivity index (χ2n) is 8.97. The Morgan fingerprint density at radius 2 is 2.07 bits per heavy atom. The van der Waals surface area contributed by atoms with Crippen molar-refractivity contribution >= 4 is 0 Å². The maximum absolute atomic E-state index is 5.91. The molecule has 1 fully saturated rings. The molecule has 4 nitrogen and oxygen atoms in total. The minimum absolute atomic E-state index is 0.359. The lowest BCUT2D eigenvalue weighted by Crippen LogP contribution is -2.40. The molecule has 3 rings (SSSR count). The number of rotatable bonds is 6. The van der Waals surface area contributed by atoms with E-state index < -0.39 is 0 Å². The molecule has 1 unspecified atom stereocenters. The SMILES string of the molecule is CCCOc1ccc(C)cc1-c1cc(CN2CCCC(C(C)(C)C)C2)on1. The fourth-order valence-corrected chi connectivity index (χ4v) is 3.82. The molecule has 148 valence electrons. The van der Waals surface area contributed by atoms with Gasteiger partial charge in [-0.15, -0.1) is 0 Å². The third kappa shape index (κ3) is 5.13. The van der Waals surface area contributed by atoms with Crippen LogP contribution in [0.1, 0.15) is 58.3 Å². The summed E-state index contributed by atoms with van der Waals surface area (Å²) in [7, 11) is 0. The van der Waals surface area contributed by atoms with E-state index in [2.05, 4.69) is 62.9 Å². The average Bonchev–Trinajstić information content (AvgIpc) is 3.08. The van der Waals surface area contributed by atoms with Gasteiger partial charge in [-0.05, 0) is 56.2 Å². The van der Waals surface area contributed by atoms with Crippen LogP contribution in [0.3, 0.4) is 0 Å². The summed E-state index contributed by atoms with van der Waals surface area (Å²) in [6, 6.07) is 8.32. The molecular formula is C23H34N2O2. The summed E-state index contributed by atoms with van der Waals surface area (Å²) in [5, 5.41) is 4.35. The topological polar surface area (TPSA) is 38.5 Å². The highest BCUT2D eigenvalue weighted by Gasteiger charge is 2.30. The van der Waals surface area contributed by atoms with Gasteiger partial charge in [-0.3, -0.25) is 4.90 Å². The van der Waals surface area contributed by atoms with E-state index in [1.165, 1.54) is 18.4 Å². The normalized spacial score (nSPS) is 18.6. The van der Waals surface area contributed by atoms with Gasteiger partial charge in [0.1, 0.15) is 11.4 Å². The van der Waals surface area contributed by atoms with Gasteiger partial charge in [0.25, 0.3) is 0 Å². The van der Waals surface area contributed by atoms with Gasteiger partial charge in [-0.25, -0.2) is 0 Å². The van der Waals surface area contributed by atoms with Crippen molar-refractivity contribution in [1.82, 2.24) is 10.1 Å². The molecule has 1 aromatic heterocycles. The molecule has 4 heteroatoms. The van der Waals surface area contributed by atoms with Crippen molar-refractivity contribution < 1.29 is 9.26 Å². The minimum Gasteiger partial charge on any atom is -0.493 e. The first kappa shape index (κ1) is 19.9. The highest BCUT2D eigenvalue weighted by atomic mass is 16.5. The Balaban J connectivity index is 1.73. The molecule has 27 heavy (non-hydrogen) atoms. The lowest BCUT2D eigenvalue weighted by molar-refractivity contribution is 0.0877. The molecule has 0 aliphatic carbocycles. The summed E-state index contributed by atoms with van der Waals surface area (Å²) >= 11 is 0. The van der Waals surface area contributed by atoms with E-state index in [4.69, 9.17) is 9.26 Å². The first-order valence-corrected chi connectivity index (χ1v) is 10.3. The molecule has 1 aliphatic rings. The highest BCUT2D eigenvalue weighted by Crippen LogP contribution is 2.34. The van der Waals surface area contributed by atoms with Crippen molar-refractivity contribution in [3.63, 3.8) is 0 Å². The van der Waals surface area contributed by atoms with Crippen molar-refractivity contribution in [3.8, 4) is 17.0 Å². The summed E-state index contributed by atoms with van der Waals surface area (Å²) in [5.41, 5.74) is 3.44. The molecule has 0 spiro atoms. The maximum atomic E-state index is 5.91. The number of piperidine rings is 1. The molecular weight excluding hydrogens is 336 g/mol. The van der Waals surface area contributed by atoms with Crippen molar-refractivity contribution in [2.45, 2.75) is 60.4 Å². The maximum Gasteiger partial charge on any atom is 0.151 e. The fraction of sp³-hybridized carbons (Fsp3) is 0.609. The molecule has 0 amide bonds. The van der Waals surface area contributed by atoms with Crippen LogP contribution in [0.25, 0.3) is 11.3 Å². The number of nitrogens with zero attached hydrogens (tertiary/aromatic N) is 2. The van der Waals surface area contributed by atoms with E-state index in [1.807, 2.05) is 6.07 Å². The quantitative estimate of drug-likeness (QED) is 0.654. The third-order valence-corrected chi connectivity index (χ3v) is 5.54. The lowest BCUT2D eigenvalue weighted by atomic mass is 9.76. The molecule has 1 aliphatic heterocycles. The van der Waals surface area contributed by atoms with E-state index >= 15 is 0 Å². The number of hydrogen-bond acceptors (Lipinski definition) is 4. The smallest absolute Gasteiger partial charge is 0.151 e. The zero-order valence-electron chi connectivity index (χ0n) is 17.5. The van der Waals surface area contributed by atoms with Crippen molar-refractivity contribution in [2.75, 3.05) is 19.7 Å². The van der Waals surface area contributed by atoms with Gasteiger partial charge in [0, 0.05) is 18.2 Å². The Morgan fingerprint density at radius 3 is 2.81 bits per heavy atom. The Hall–Kier alpha value is -1.81. The van der Waals surface area contributed by atoms with Crippen LogP contribution < -0.4 is 4.74 Å². The van der Waals surface area contributed by atoms with Crippen LogP contribution in [-0.4, -0.2) is 29.8 Å². The van der Waals surface area contributed by atoms with Crippen LogP contribution in [0.4, 0.5) is 0 Å². The van der Waals surface area contributed by atoms with Gasteiger partial charge in [-0.1, -0.05) is 44.5 Å². The lowest BCUT2D eigenvalue weighted by Gasteiger charge is -2.39. The molecule has 0 radical (unpaired) electrons. The summed E-state index contributed by atoms with van der Waals surface area (Å²) in [6.07, 6.45) is 3.57. The number of ether oxygens (including phenoxy) is 1. The summed E-state index contributed by atoms with van der Waals surface area (Å²) < 4.78 is 11.6. The first-order valence-electron chi connectivity index (χ1n) is 10.3. The number of aryl methyl sites for hydroxylation is 1. The number of hydrogen-bond donors (Lipinski definition) is 0. The largest absolute Gasteiger partial charge is 0.493 e. The van der Waals surface area contributed by atoms with Gasteiger partial charge in [0.15, 0.2) is 5.76 Å². The van der Waals surface area contributed by atoms with Crippen LogP contribution >= 0.6 is 0 Å². The number of benzene rings is 1. The predicted octanol–water partition coefficient (Wildman–Crippen LogP) is 5.70. The monoisotopic (exact) mass is 370 g/mol. The predicted molar refractivity (Wildman–Crippen MR) is 110 cm³/mol. The molecule has 0 saturated carbocycles. The van der Waals surface area contributed by atoms with Gasteiger partial charge < -0.3 is 9.26 Å². The second-order valence-corrected chi connectivity index (χ2v) is 8.97. The Labute approximate surface area is 163 Å². The van der Waals surface area contributed by atoms with Crippen molar-refractivity contribution in [1.29, 1.82) is 0 Å². The van der Waals surface area contributed by atoms with Crippen LogP contribution in [0.15, 0.2) is 28.8 Å².